The Morgan fingerprint density at radius 1 is 0.810 bits per heavy atom. The van der Waals surface area contributed by atoms with E-state index in [0.29, 0.717) is 11.5 Å². The van der Waals surface area contributed by atoms with Gasteiger partial charge in [-0.15, -0.1) is 0 Å². The minimum absolute atomic E-state index is 0.420. The lowest BCUT2D eigenvalue weighted by atomic mass is 10.2. The predicted molar refractivity (Wildman–Crippen MR) is 78.2 cm³/mol. The molecule has 2 aromatic carbocycles. The Labute approximate surface area is 123 Å². The Bertz CT molecular complexity index is 604. The Morgan fingerprint density at radius 3 is 1.62 bits per heavy atom. The van der Waals surface area contributed by atoms with Gasteiger partial charge >= 0.3 is 11.9 Å². The van der Waals surface area contributed by atoms with E-state index >= 15 is 0 Å². The molecule has 0 saturated heterocycles. The molecule has 0 bridgehead atoms. The van der Waals surface area contributed by atoms with E-state index in [9.17, 15) is 9.59 Å². The summed E-state index contributed by atoms with van der Waals surface area (Å²) in [4.78, 5) is 23.3. The van der Waals surface area contributed by atoms with Crippen LogP contribution in [-0.4, -0.2) is 11.9 Å². The molecular weight excluding hydrogens is 268 g/mol. The number of carbonyl (C=O) groups is 2. The van der Waals surface area contributed by atoms with Crippen molar-refractivity contribution in [2.24, 2.45) is 0 Å². The standard InChI is InChI=1S/C17H16O4/c1-12-5-3-7-14(9-12)20-16(18)11-17(19)21-15-8-4-6-13(2)10-15/h3-10H,11H2,1-2H3. The van der Waals surface area contributed by atoms with E-state index in [0.717, 1.165) is 11.1 Å². The van der Waals surface area contributed by atoms with Gasteiger partial charge in [-0.2, -0.15) is 0 Å². The highest BCUT2D eigenvalue weighted by molar-refractivity contribution is 5.93. The first-order valence-electron chi connectivity index (χ1n) is 6.57. The summed E-state index contributed by atoms with van der Waals surface area (Å²) >= 11 is 0. The fourth-order valence-corrected chi connectivity index (χ4v) is 1.81. The lowest BCUT2D eigenvalue weighted by Gasteiger charge is -2.06. The molecule has 2 rings (SSSR count). The van der Waals surface area contributed by atoms with E-state index in [4.69, 9.17) is 9.47 Å². The molecular formula is C17H16O4. The normalized spacial score (nSPS) is 10.0. The molecule has 0 aromatic heterocycles. The van der Waals surface area contributed by atoms with Crippen LogP contribution >= 0.6 is 0 Å². The van der Waals surface area contributed by atoms with Crippen molar-refractivity contribution in [2.45, 2.75) is 20.3 Å². The largest absolute Gasteiger partial charge is 0.426 e. The van der Waals surface area contributed by atoms with Crippen LogP contribution in [-0.2, 0) is 9.59 Å². The zero-order valence-corrected chi connectivity index (χ0v) is 12.0. The van der Waals surface area contributed by atoms with Crippen LogP contribution in [0.2, 0.25) is 0 Å². The third-order valence-electron chi connectivity index (χ3n) is 2.73. The summed E-state index contributed by atoms with van der Waals surface area (Å²) in [6.07, 6.45) is -0.429. The summed E-state index contributed by atoms with van der Waals surface area (Å²) in [5.41, 5.74) is 1.95. The second-order valence-electron chi connectivity index (χ2n) is 4.76. The van der Waals surface area contributed by atoms with Crippen LogP contribution in [0.25, 0.3) is 0 Å². The lowest BCUT2D eigenvalue weighted by Crippen LogP contribution is -2.18. The average molecular weight is 284 g/mol. The van der Waals surface area contributed by atoms with E-state index in [2.05, 4.69) is 0 Å². The molecule has 0 heterocycles. The van der Waals surface area contributed by atoms with Crippen molar-refractivity contribution in [3.05, 3.63) is 59.7 Å². The molecule has 21 heavy (non-hydrogen) atoms. The highest BCUT2D eigenvalue weighted by Gasteiger charge is 2.14. The molecule has 2 aromatic rings. The Kier molecular flexibility index (Phi) is 4.72. The number of benzene rings is 2. The highest BCUT2D eigenvalue weighted by atomic mass is 16.6. The van der Waals surface area contributed by atoms with Crippen LogP contribution in [0.5, 0.6) is 11.5 Å². The molecule has 0 fully saturated rings. The number of rotatable bonds is 4. The molecule has 108 valence electrons. The van der Waals surface area contributed by atoms with Crippen LogP contribution < -0.4 is 9.47 Å². The number of esters is 2. The summed E-state index contributed by atoms with van der Waals surface area (Å²) in [7, 11) is 0. The molecule has 0 amide bonds. The van der Waals surface area contributed by atoms with Gasteiger partial charge in [-0.05, 0) is 49.2 Å². The van der Waals surface area contributed by atoms with Gasteiger partial charge in [0, 0.05) is 0 Å². The molecule has 0 aliphatic heterocycles. The minimum atomic E-state index is -0.641. The third kappa shape index (κ3) is 4.76. The number of aryl methyl sites for hydroxylation is 2. The average Bonchev–Trinajstić information content (AvgIpc) is 2.38. The maximum Gasteiger partial charge on any atom is 0.322 e. The molecule has 0 spiro atoms. The zero-order valence-electron chi connectivity index (χ0n) is 12.0. The fraction of sp³-hybridized carbons (Fsp3) is 0.176. The van der Waals surface area contributed by atoms with Crippen molar-refractivity contribution in [3.63, 3.8) is 0 Å². The van der Waals surface area contributed by atoms with E-state index in [1.54, 1.807) is 36.4 Å². The summed E-state index contributed by atoms with van der Waals surface area (Å²) in [6.45, 7) is 3.78. The lowest BCUT2D eigenvalue weighted by molar-refractivity contribution is -0.144. The topological polar surface area (TPSA) is 52.6 Å². The SMILES string of the molecule is Cc1cccc(OC(=O)CC(=O)Oc2cccc(C)c2)c1. The number of ether oxygens (including phenoxy) is 2. The second-order valence-corrected chi connectivity index (χ2v) is 4.76. The summed E-state index contributed by atoms with van der Waals surface area (Å²) in [5.74, 6) is -0.441. The first-order chi connectivity index (χ1) is 10.0. The summed E-state index contributed by atoms with van der Waals surface area (Å²) in [6, 6.07) is 14.1. The maximum atomic E-state index is 11.7. The summed E-state index contributed by atoms with van der Waals surface area (Å²) < 4.78 is 10.2. The van der Waals surface area contributed by atoms with Crippen molar-refractivity contribution < 1.29 is 19.1 Å². The van der Waals surface area contributed by atoms with Crippen LogP contribution in [0.1, 0.15) is 17.5 Å². The second kappa shape index (κ2) is 6.70. The van der Waals surface area contributed by atoms with Crippen LogP contribution in [0.15, 0.2) is 48.5 Å². The molecule has 0 atom stereocenters. The third-order valence-corrected chi connectivity index (χ3v) is 2.73. The van der Waals surface area contributed by atoms with Crippen molar-refractivity contribution in [1.82, 2.24) is 0 Å². The van der Waals surface area contributed by atoms with Crippen LogP contribution in [0.3, 0.4) is 0 Å². The van der Waals surface area contributed by atoms with E-state index < -0.39 is 18.4 Å². The Balaban J connectivity index is 1.89. The van der Waals surface area contributed by atoms with Gasteiger partial charge in [0.1, 0.15) is 17.9 Å². The van der Waals surface area contributed by atoms with E-state index in [-0.39, 0.29) is 0 Å². The molecule has 0 aliphatic rings. The zero-order chi connectivity index (χ0) is 15.2. The van der Waals surface area contributed by atoms with Gasteiger partial charge in [-0.3, -0.25) is 9.59 Å². The molecule has 0 radical (unpaired) electrons. The Hall–Kier alpha value is -2.62. The van der Waals surface area contributed by atoms with Gasteiger partial charge in [0.05, 0.1) is 0 Å². The van der Waals surface area contributed by atoms with Crippen molar-refractivity contribution in [3.8, 4) is 11.5 Å². The molecule has 4 nitrogen and oxygen atoms in total. The van der Waals surface area contributed by atoms with Gasteiger partial charge in [0.25, 0.3) is 0 Å². The number of hydrogen-bond acceptors (Lipinski definition) is 4. The van der Waals surface area contributed by atoms with Crippen molar-refractivity contribution in [1.29, 1.82) is 0 Å². The molecule has 0 aliphatic carbocycles. The van der Waals surface area contributed by atoms with Crippen LogP contribution in [0.4, 0.5) is 0 Å². The molecule has 4 heteroatoms. The first kappa shape index (κ1) is 14.8. The monoisotopic (exact) mass is 284 g/mol. The van der Waals surface area contributed by atoms with Crippen molar-refractivity contribution in [2.75, 3.05) is 0 Å². The highest BCUT2D eigenvalue weighted by Crippen LogP contribution is 2.15. The predicted octanol–water partition coefficient (Wildman–Crippen LogP) is 3.20. The van der Waals surface area contributed by atoms with Crippen LogP contribution in [0, 0.1) is 13.8 Å². The smallest absolute Gasteiger partial charge is 0.322 e. The van der Waals surface area contributed by atoms with Crippen molar-refractivity contribution >= 4 is 11.9 Å². The van der Waals surface area contributed by atoms with Gasteiger partial charge < -0.3 is 9.47 Å². The van der Waals surface area contributed by atoms with E-state index in [1.165, 1.54) is 0 Å². The number of hydrogen-bond donors (Lipinski definition) is 0. The van der Waals surface area contributed by atoms with Gasteiger partial charge in [-0.25, -0.2) is 0 Å². The fourth-order valence-electron chi connectivity index (χ4n) is 1.81. The first-order valence-corrected chi connectivity index (χ1v) is 6.57. The molecule has 0 unspecified atom stereocenters. The minimum Gasteiger partial charge on any atom is -0.426 e. The maximum absolute atomic E-state index is 11.7. The number of carbonyl (C=O) groups excluding carboxylic acids is 2. The molecule has 0 saturated carbocycles. The quantitative estimate of drug-likeness (QED) is 0.491. The molecule has 0 N–H and O–H groups in total. The van der Waals surface area contributed by atoms with E-state index in [1.807, 2.05) is 26.0 Å². The van der Waals surface area contributed by atoms with Gasteiger partial charge in [0.15, 0.2) is 0 Å². The Morgan fingerprint density at radius 2 is 1.24 bits per heavy atom. The van der Waals surface area contributed by atoms with Gasteiger partial charge in [-0.1, -0.05) is 24.3 Å². The van der Waals surface area contributed by atoms with Gasteiger partial charge in [0.2, 0.25) is 0 Å². The summed E-state index contributed by atoms with van der Waals surface area (Å²) in [5, 5.41) is 0.